The Morgan fingerprint density at radius 3 is 2.85 bits per heavy atom. The van der Waals surface area contributed by atoms with Crippen molar-refractivity contribution in [1.82, 2.24) is 9.97 Å². The smallest absolute Gasteiger partial charge is 0.292 e. The van der Waals surface area contributed by atoms with E-state index in [1.165, 1.54) is 0 Å². The van der Waals surface area contributed by atoms with Gasteiger partial charge in [0.15, 0.2) is 5.76 Å². The summed E-state index contributed by atoms with van der Waals surface area (Å²) in [5, 5.41) is 0. The molecular weight excluding hydrogens is 166 g/mol. The van der Waals surface area contributed by atoms with E-state index in [0.717, 1.165) is 11.4 Å². The van der Waals surface area contributed by atoms with E-state index in [-0.39, 0.29) is 6.01 Å². The number of aryl methyl sites for hydroxylation is 1. The molecule has 4 heteroatoms. The number of anilines is 1. The van der Waals surface area contributed by atoms with Crippen LogP contribution in [-0.2, 0) is 0 Å². The highest BCUT2D eigenvalue weighted by Crippen LogP contribution is 2.18. The van der Waals surface area contributed by atoms with Gasteiger partial charge in [-0.15, -0.1) is 0 Å². The molecule has 0 aliphatic carbocycles. The molecule has 2 aromatic rings. The summed E-state index contributed by atoms with van der Waals surface area (Å²) in [6.45, 7) is 1.92. The summed E-state index contributed by atoms with van der Waals surface area (Å²) in [5.41, 5.74) is 7.04. The van der Waals surface area contributed by atoms with Crippen molar-refractivity contribution in [1.29, 1.82) is 0 Å². The number of hydrogen-bond acceptors (Lipinski definition) is 4. The second kappa shape index (κ2) is 2.90. The van der Waals surface area contributed by atoms with E-state index in [4.69, 9.17) is 10.2 Å². The van der Waals surface area contributed by atoms with Crippen LogP contribution in [0.3, 0.4) is 0 Å². The van der Waals surface area contributed by atoms with Crippen molar-refractivity contribution in [3.05, 3.63) is 30.1 Å². The Morgan fingerprint density at radius 1 is 1.38 bits per heavy atom. The number of nitrogens with two attached hydrogens (primary N) is 1. The van der Waals surface area contributed by atoms with Crippen molar-refractivity contribution in [3.63, 3.8) is 0 Å². The minimum atomic E-state index is 0.165. The van der Waals surface area contributed by atoms with Gasteiger partial charge in [0.2, 0.25) is 0 Å². The van der Waals surface area contributed by atoms with Crippen molar-refractivity contribution < 1.29 is 4.42 Å². The van der Waals surface area contributed by atoms with E-state index in [1.54, 1.807) is 6.20 Å². The van der Waals surface area contributed by atoms with Crippen LogP contribution in [0.2, 0.25) is 0 Å². The standard InChI is InChI=1S/C9H9N3O/c1-6-3-2-4-7(12-6)8-5-11-9(10)13-8/h2-5H,1H3,(H2,10,11). The van der Waals surface area contributed by atoms with Gasteiger partial charge in [0.25, 0.3) is 6.01 Å². The lowest BCUT2D eigenvalue weighted by molar-refractivity contribution is 0.592. The molecule has 0 spiro atoms. The van der Waals surface area contributed by atoms with E-state index in [9.17, 15) is 0 Å². The van der Waals surface area contributed by atoms with Gasteiger partial charge in [0, 0.05) is 5.69 Å². The monoisotopic (exact) mass is 175 g/mol. The molecule has 0 aliphatic rings. The first-order valence-corrected chi connectivity index (χ1v) is 3.91. The summed E-state index contributed by atoms with van der Waals surface area (Å²) in [6, 6.07) is 5.85. The predicted molar refractivity (Wildman–Crippen MR) is 48.9 cm³/mol. The molecule has 0 aliphatic heterocycles. The molecule has 0 unspecified atom stereocenters. The van der Waals surface area contributed by atoms with Crippen LogP contribution in [0, 0.1) is 6.92 Å². The highest BCUT2D eigenvalue weighted by Gasteiger charge is 2.04. The van der Waals surface area contributed by atoms with Crippen molar-refractivity contribution in [3.8, 4) is 11.5 Å². The number of hydrogen-bond donors (Lipinski definition) is 1. The molecule has 0 saturated heterocycles. The van der Waals surface area contributed by atoms with Gasteiger partial charge in [-0.05, 0) is 19.1 Å². The minimum absolute atomic E-state index is 0.165. The quantitative estimate of drug-likeness (QED) is 0.715. The third kappa shape index (κ3) is 1.51. The van der Waals surface area contributed by atoms with Crippen LogP contribution in [0.4, 0.5) is 6.01 Å². The van der Waals surface area contributed by atoms with Crippen LogP contribution in [0.5, 0.6) is 0 Å². The summed E-state index contributed by atoms with van der Waals surface area (Å²) in [4.78, 5) is 8.06. The second-order valence-corrected chi connectivity index (χ2v) is 2.73. The van der Waals surface area contributed by atoms with Crippen LogP contribution in [0.15, 0.2) is 28.8 Å². The number of nitrogen functional groups attached to an aromatic ring is 1. The molecule has 13 heavy (non-hydrogen) atoms. The summed E-state index contributed by atoms with van der Waals surface area (Å²) in [7, 11) is 0. The van der Waals surface area contributed by atoms with E-state index in [0.29, 0.717) is 5.76 Å². The maximum Gasteiger partial charge on any atom is 0.292 e. The molecule has 66 valence electrons. The van der Waals surface area contributed by atoms with Crippen LogP contribution in [-0.4, -0.2) is 9.97 Å². The van der Waals surface area contributed by atoms with Gasteiger partial charge in [0.05, 0.1) is 6.20 Å². The molecule has 0 atom stereocenters. The predicted octanol–water partition coefficient (Wildman–Crippen LogP) is 1.63. The lowest BCUT2D eigenvalue weighted by Gasteiger charge is -1.95. The van der Waals surface area contributed by atoms with E-state index < -0.39 is 0 Å². The lowest BCUT2D eigenvalue weighted by atomic mass is 10.3. The first-order valence-electron chi connectivity index (χ1n) is 3.91. The Labute approximate surface area is 75.4 Å². The summed E-state index contributed by atoms with van der Waals surface area (Å²) < 4.78 is 5.13. The number of oxazole rings is 1. The number of aromatic nitrogens is 2. The largest absolute Gasteiger partial charge is 0.422 e. The van der Waals surface area contributed by atoms with Crippen LogP contribution in [0.1, 0.15) is 5.69 Å². The third-order valence-corrected chi connectivity index (χ3v) is 1.66. The molecule has 0 saturated carbocycles. The van der Waals surface area contributed by atoms with Crippen LogP contribution >= 0.6 is 0 Å². The molecule has 0 radical (unpaired) electrons. The van der Waals surface area contributed by atoms with Gasteiger partial charge < -0.3 is 10.2 Å². The maximum atomic E-state index is 5.35. The Bertz CT molecular complexity index is 422. The average Bonchev–Trinajstić information content (AvgIpc) is 2.52. The first kappa shape index (κ1) is 7.79. The Morgan fingerprint density at radius 2 is 2.23 bits per heavy atom. The van der Waals surface area contributed by atoms with Gasteiger partial charge in [-0.2, -0.15) is 0 Å². The summed E-state index contributed by atoms with van der Waals surface area (Å²) in [6.07, 6.45) is 1.57. The van der Waals surface area contributed by atoms with Crippen molar-refractivity contribution in [2.75, 3.05) is 5.73 Å². The molecule has 2 rings (SSSR count). The van der Waals surface area contributed by atoms with E-state index in [2.05, 4.69) is 9.97 Å². The number of nitrogens with zero attached hydrogens (tertiary/aromatic N) is 2. The third-order valence-electron chi connectivity index (χ3n) is 1.66. The summed E-state index contributed by atoms with van der Waals surface area (Å²) >= 11 is 0. The highest BCUT2D eigenvalue weighted by atomic mass is 16.4. The van der Waals surface area contributed by atoms with Crippen LogP contribution in [0.25, 0.3) is 11.5 Å². The maximum absolute atomic E-state index is 5.35. The second-order valence-electron chi connectivity index (χ2n) is 2.73. The SMILES string of the molecule is Cc1cccc(-c2cnc(N)o2)n1. The lowest BCUT2D eigenvalue weighted by Crippen LogP contribution is -1.84. The van der Waals surface area contributed by atoms with Crippen molar-refractivity contribution in [2.45, 2.75) is 6.92 Å². The zero-order valence-corrected chi connectivity index (χ0v) is 7.19. The molecule has 0 amide bonds. The van der Waals surface area contributed by atoms with Gasteiger partial charge in [-0.1, -0.05) is 6.07 Å². The van der Waals surface area contributed by atoms with Gasteiger partial charge >= 0.3 is 0 Å². The van der Waals surface area contributed by atoms with Gasteiger partial charge in [-0.25, -0.2) is 9.97 Å². The molecule has 0 aromatic carbocycles. The number of rotatable bonds is 1. The fourth-order valence-electron chi connectivity index (χ4n) is 1.09. The highest BCUT2D eigenvalue weighted by molar-refractivity contribution is 5.51. The molecule has 2 N–H and O–H groups in total. The Hall–Kier alpha value is -1.84. The average molecular weight is 175 g/mol. The molecule has 0 bridgehead atoms. The first-order chi connectivity index (χ1) is 6.25. The number of pyridine rings is 1. The van der Waals surface area contributed by atoms with Crippen LogP contribution < -0.4 is 5.73 Å². The normalized spacial score (nSPS) is 10.2. The fourth-order valence-corrected chi connectivity index (χ4v) is 1.09. The molecule has 2 aromatic heterocycles. The van der Waals surface area contributed by atoms with Gasteiger partial charge in [0.1, 0.15) is 5.69 Å². The zero-order chi connectivity index (χ0) is 9.26. The minimum Gasteiger partial charge on any atom is -0.422 e. The Kier molecular flexibility index (Phi) is 1.73. The summed E-state index contributed by atoms with van der Waals surface area (Å²) in [5.74, 6) is 0.598. The topological polar surface area (TPSA) is 64.9 Å². The molecule has 2 heterocycles. The van der Waals surface area contributed by atoms with Crippen molar-refractivity contribution >= 4 is 6.01 Å². The molecule has 4 nitrogen and oxygen atoms in total. The van der Waals surface area contributed by atoms with Crippen molar-refractivity contribution in [2.24, 2.45) is 0 Å². The fraction of sp³-hybridized carbons (Fsp3) is 0.111. The van der Waals surface area contributed by atoms with E-state index >= 15 is 0 Å². The molecule has 0 fully saturated rings. The molecular formula is C9H9N3O. The zero-order valence-electron chi connectivity index (χ0n) is 7.19. The van der Waals surface area contributed by atoms with E-state index in [1.807, 2.05) is 25.1 Å². The Balaban J connectivity index is 2.46. The van der Waals surface area contributed by atoms with Gasteiger partial charge in [-0.3, -0.25) is 0 Å².